The lowest BCUT2D eigenvalue weighted by Gasteiger charge is -2.17. The SMILES string of the molecule is Cc1ccc(CN(C)Cc2ccc(C(=O)Nc3ccccc3)cc2)cc1. The molecule has 1 amide bonds. The van der Waals surface area contributed by atoms with Crippen LogP contribution in [0.3, 0.4) is 0 Å². The molecule has 3 nitrogen and oxygen atoms in total. The van der Waals surface area contributed by atoms with Crippen molar-refractivity contribution in [3.8, 4) is 0 Å². The molecule has 3 aromatic carbocycles. The largest absolute Gasteiger partial charge is 0.322 e. The smallest absolute Gasteiger partial charge is 0.255 e. The first kappa shape index (κ1) is 17.9. The molecule has 0 saturated heterocycles. The molecule has 0 spiro atoms. The van der Waals surface area contributed by atoms with Crippen molar-refractivity contribution in [2.45, 2.75) is 20.0 Å². The van der Waals surface area contributed by atoms with Gasteiger partial charge in [0.15, 0.2) is 0 Å². The molecular weight excluding hydrogens is 320 g/mol. The number of para-hydroxylation sites is 1. The summed E-state index contributed by atoms with van der Waals surface area (Å²) in [4.78, 5) is 14.6. The lowest BCUT2D eigenvalue weighted by atomic mass is 10.1. The summed E-state index contributed by atoms with van der Waals surface area (Å²) in [5, 5.41) is 2.91. The molecule has 0 saturated carbocycles. The molecule has 0 heterocycles. The van der Waals surface area contributed by atoms with Gasteiger partial charge < -0.3 is 5.32 Å². The zero-order valence-electron chi connectivity index (χ0n) is 15.3. The minimum absolute atomic E-state index is 0.0873. The number of benzene rings is 3. The molecule has 0 radical (unpaired) electrons. The van der Waals surface area contributed by atoms with Crippen LogP contribution in [-0.2, 0) is 13.1 Å². The van der Waals surface area contributed by atoms with Gasteiger partial charge in [-0.3, -0.25) is 9.69 Å². The highest BCUT2D eigenvalue weighted by Gasteiger charge is 2.07. The van der Waals surface area contributed by atoms with Crippen LogP contribution in [0.1, 0.15) is 27.0 Å². The van der Waals surface area contributed by atoms with Crippen LogP contribution < -0.4 is 5.32 Å². The molecule has 132 valence electrons. The van der Waals surface area contributed by atoms with Crippen LogP contribution in [0.4, 0.5) is 5.69 Å². The minimum Gasteiger partial charge on any atom is -0.322 e. The van der Waals surface area contributed by atoms with Gasteiger partial charge in [0.05, 0.1) is 0 Å². The fourth-order valence-electron chi connectivity index (χ4n) is 2.86. The molecule has 26 heavy (non-hydrogen) atoms. The monoisotopic (exact) mass is 344 g/mol. The van der Waals surface area contributed by atoms with Gasteiger partial charge in [0.1, 0.15) is 0 Å². The van der Waals surface area contributed by atoms with Crippen LogP contribution >= 0.6 is 0 Å². The van der Waals surface area contributed by atoms with Crippen molar-refractivity contribution < 1.29 is 4.79 Å². The lowest BCUT2D eigenvalue weighted by molar-refractivity contribution is 0.102. The van der Waals surface area contributed by atoms with E-state index < -0.39 is 0 Å². The molecule has 0 bridgehead atoms. The highest BCUT2D eigenvalue weighted by molar-refractivity contribution is 6.04. The number of carbonyl (C=O) groups excluding carboxylic acids is 1. The first-order valence-corrected chi connectivity index (χ1v) is 8.79. The number of aryl methyl sites for hydroxylation is 1. The van der Waals surface area contributed by atoms with Crippen molar-refractivity contribution in [2.75, 3.05) is 12.4 Å². The summed E-state index contributed by atoms with van der Waals surface area (Å²) in [6, 6.07) is 25.9. The van der Waals surface area contributed by atoms with Gasteiger partial charge in [0.25, 0.3) is 5.91 Å². The number of hydrogen-bond donors (Lipinski definition) is 1. The molecule has 3 aromatic rings. The van der Waals surface area contributed by atoms with E-state index in [1.807, 2.05) is 54.6 Å². The number of nitrogens with zero attached hydrogens (tertiary/aromatic N) is 1. The third-order valence-corrected chi connectivity index (χ3v) is 4.27. The minimum atomic E-state index is -0.0873. The van der Waals surface area contributed by atoms with E-state index in [2.05, 4.69) is 48.5 Å². The quantitative estimate of drug-likeness (QED) is 0.691. The summed E-state index contributed by atoms with van der Waals surface area (Å²) in [5.74, 6) is -0.0873. The number of nitrogens with one attached hydrogen (secondary N) is 1. The van der Waals surface area contributed by atoms with Crippen LogP contribution in [0, 0.1) is 6.92 Å². The summed E-state index contributed by atoms with van der Waals surface area (Å²) < 4.78 is 0. The van der Waals surface area contributed by atoms with Crippen LogP contribution in [0.2, 0.25) is 0 Å². The Balaban J connectivity index is 1.56. The molecule has 0 unspecified atom stereocenters. The summed E-state index contributed by atoms with van der Waals surface area (Å²) in [6.45, 7) is 3.84. The maximum absolute atomic E-state index is 12.3. The number of amides is 1. The molecule has 1 N–H and O–H groups in total. The zero-order chi connectivity index (χ0) is 18.4. The Morgan fingerprint density at radius 2 is 1.35 bits per heavy atom. The summed E-state index contributed by atoms with van der Waals surface area (Å²) in [6.07, 6.45) is 0. The zero-order valence-corrected chi connectivity index (χ0v) is 15.3. The molecule has 0 aliphatic heterocycles. The number of carbonyl (C=O) groups is 1. The first-order valence-electron chi connectivity index (χ1n) is 8.79. The van der Waals surface area contributed by atoms with Crippen LogP contribution in [0.25, 0.3) is 0 Å². The van der Waals surface area contributed by atoms with E-state index in [0.717, 1.165) is 18.8 Å². The third kappa shape index (κ3) is 5.04. The van der Waals surface area contributed by atoms with E-state index in [1.165, 1.54) is 16.7 Å². The van der Waals surface area contributed by atoms with Crippen molar-refractivity contribution in [1.82, 2.24) is 4.90 Å². The second-order valence-corrected chi connectivity index (χ2v) is 6.67. The van der Waals surface area contributed by atoms with Crippen molar-refractivity contribution in [1.29, 1.82) is 0 Å². The Hall–Kier alpha value is -2.91. The number of anilines is 1. The molecule has 3 rings (SSSR count). The van der Waals surface area contributed by atoms with Gasteiger partial charge in [-0.1, -0.05) is 60.2 Å². The molecule has 0 aliphatic rings. The molecule has 0 atom stereocenters. The van der Waals surface area contributed by atoms with E-state index in [0.29, 0.717) is 5.56 Å². The fourth-order valence-corrected chi connectivity index (χ4v) is 2.86. The second-order valence-electron chi connectivity index (χ2n) is 6.67. The Morgan fingerprint density at radius 1 is 0.808 bits per heavy atom. The van der Waals surface area contributed by atoms with Crippen molar-refractivity contribution >= 4 is 11.6 Å². The van der Waals surface area contributed by atoms with Gasteiger partial charge in [0, 0.05) is 24.3 Å². The molecular formula is C23H24N2O. The van der Waals surface area contributed by atoms with Crippen LogP contribution in [0.15, 0.2) is 78.9 Å². The van der Waals surface area contributed by atoms with E-state index in [-0.39, 0.29) is 5.91 Å². The Morgan fingerprint density at radius 3 is 1.92 bits per heavy atom. The van der Waals surface area contributed by atoms with Gasteiger partial charge in [-0.15, -0.1) is 0 Å². The van der Waals surface area contributed by atoms with Crippen molar-refractivity contribution in [3.63, 3.8) is 0 Å². The van der Waals surface area contributed by atoms with E-state index >= 15 is 0 Å². The number of hydrogen-bond acceptors (Lipinski definition) is 2. The van der Waals surface area contributed by atoms with Crippen molar-refractivity contribution in [3.05, 3.63) is 101 Å². The molecule has 0 aromatic heterocycles. The lowest BCUT2D eigenvalue weighted by Crippen LogP contribution is -2.17. The first-order chi connectivity index (χ1) is 12.6. The van der Waals surface area contributed by atoms with Crippen LogP contribution in [0.5, 0.6) is 0 Å². The Kier molecular flexibility index (Phi) is 5.82. The van der Waals surface area contributed by atoms with E-state index in [4.69, 9.17) is 0 Å². The summed E-state index contributed by atoms with van der Waals surface area (Å²) >= 11 is 0. The predicted molar refractivity (Wildman–Crippen MR) is 107 cm³/mol. The highest BCUT2D eigenvalue weighted by atomic mass is 16.1. The highest BCUT2D eigenvalue weighted by Crippen LogP contribution is 2.12. The normalized spacial score (nSPS) is 10.7. The Labute approximate surface area is 155 Å². The van der Waals surface area contributed by atoms with Gasteiger partial charge in [-0.05, 0) is 49.4 Å². The maximum Gasteiger partial charge on any atom is 0.255 e. The Bertz CT molecular complexity index is 840. The van der Waals surface area contributed by atoms with E-state index in [1.54, 1.807) is 0 Å². The predicted octanol–water partition coefficient (Wildman–Crippen LogP) is 4.88. The average molecular weight is 344 g/mol. The maximum atomic E-state index is 12.3. The van der Waals surface area contributed by atoms with Gasteiger partial charge in [-0.25, -0.2) is 0 Å². The van der Waals surface area contributed by atoms with E-state index in [9.17, 15) is 4.79 Å². The summed E-state index contributed by atoms with van der Waals surface area (Å²) in [7, 11) is 2.11. The second kappa shape index (κ2) is 8.45. The number of rotatable bonds is 6. The molecule has 0 aliphatic carbocycles. The third-order valence-electron chi connectivity index (χ3n) is 4.27. The fraction of sp³-hybridized carbons (Fsp3) is 0.174. The van der Waals surface area contributed by atoms with Gasteiger partial charge >= 0.3 is 0 Å². The topological polar surface area (TPSA) is 32.3 Å². The van der Waals surface area contributed by atoms with Gasteiger partial charge in [0.2, 0.25) is 0 Å². The van der Waals surface area contributed by atoms with Crippen molar-refractivity contribution in [2.24, 2.45) is 0 Å². The van der Waals surface area contributed by atoms with Gasteiger partial charge in [-0.2, -0.15) is 0 Å². The van der Waals surface area contributed by atoms with Crippen LogP contribution in [-0.4, -0.2) is 17.9 Å². The average Bonchev–Trinajstić information content (AvgIpc) is 2.65. The molecule has 3 heteroatoms. The molecule has 0 fully saturated rings. The standard InChI is InChI=1S/C23H24N2O/c1-18-8-10-19(11-9-18)16-25(2)17-20-12-14-21(15-13-20)23(26)24-22-6-4-3-5-7-22/h3-15H,16-17H2,1-2H3,(H,24,26). The summed E-state index contributed by atoms with van der Waals surface area (Å²) in [5.41, 5.74) is 5.24.